The zero-order chi connectivity index (χ0) is 12.5. The summed E-state index contributed by atoms with van der Waals surface area (Å²) in [4.78, 5) is 0. The van der Waals surface area contributed by atoms with E-state index in [0.717, 1.165) is 26.2 Å². The van der Waals surface area contributed by atoms with Crippen molar-refractivity contribution in [1.82, 2.24) is 5.32 Å². The van der Waals surface area contributed by atoms with Gasteiger partial charge < -0.3 is 14.8 Å². The van der Waals surface area contributed by atoms with Crippen LogP contribution in [0.1, 0.15) is 52.9 Å². The SMILES string of the molecule is CCNC(CCC1CCCCO1)COC(C)C. The van der Waals surface area contributed by atoms with Gasteiger partial charge >= 0.3 is 0 Å². The van der Waals surface area contributed by atoms with Crippen LogP contribution in [0.3, 0.4) is 0 Å². The third-order valence-corrected chi connectivity index (χ3v) is 3.23. The second kappa shape index (κ2) is 8.90. The van der Waals surface area contributed by atoms with Gasteiger partial charge in [-0.1, -0.05) is 6.92 Å². The van der Waals surface area contributed by atoms with E-state index in [-0.39, 0.29) is 0 Å². The van der Waals surface area contributed by atoms with Crippen LogP contribution in [0, 0.1) is 0 Å². The van der Waals surface area contributed by atoms with Crippen molar-refractivity contribution < 1.29 is 9.47 Å². The molecule has 0 amide bonds. The molecule has 1 saturated heterocycles. The standard InChI is InChI=1S/C14H29NO2/c1-4-15-13(11-17-12(2)3)8-9-14-7-5-6-10-16-14/h12-15H,4-11H2,1-3H3. The van der Waals surface area contributed by atoms with Crippen LogP contribution in [0.4, 0.5) is 0 Å². The van der Waals surface area contributed by atoms with Crippen LogP contribution < -0.4 is 5.32 Å². The molecule has 0 aromatic carbocycles. The molecule has 2 atom stereocenters. The molecule has 3 heteroatoms. The van der Waals surface area contributed by atoms with Crippen molar-refractivity contribution in [2.75, 3.05) is 19.8 Å². The highest BCUT2D eigenvalue weighted by Gasteiger charge is 2.16. The van der Waals surface area contributed by atoms with Gasteiger partial charge in [0.1, 0.15) is 0 Å². The summed E-state index contributed by atoms with van der Waals surface area (Å²) in [5.41, 5.74) is 0. The predicted molar refractivity (Wildman–Crippen MR) is 71.4 cm³/mol. The van der Waals surface area contributed by atoms with Gasteiger partial charge in [-0.15, -0.1) is 0 Å². The van der Waals surface area contributed by atoms with Crippen LogP contribution in [-0.2, 0) is 9.47 Å². The minimum Gasteiger partial charge on any atom is -0.378 e. The molecule has 1 rings (SSSR count). The van der Waals surface area contributed by atoms with E-state index in [1.54, 1.807) is 0 Å². The summed E-state index contributed by atoms with van der Waals surface area (Å²) in [5.74, 6) is 0. The molecule has 0 aromatic heterocycles. The summed E-state index contributed by atoms with van der Waals surface area (Å²) in [6, 6.07) is 0.480. The number of rotatable bonds is 8. The molecule has 0 spiro atoms. The quantitative estimate of drug-likeness (QED) is 0.711. The molecule has 102 valence electrons. The van der Waals surface area contributed by atoms with E-state index in [4.69, 9.17) is 9.47 Å². The third kappa shape index (κ3) is 7.02. The average molecular weight is 243 g/mol. The molecule has 1 aliphatic rings. The van der Waals surface area contributed by atoms with Gasteiger partial charge in [-0.2, -0.15) is 0 Å². The lowest BCUT2D eigenvalue weighted by Gasteiger charge is -2.25. The minimum absolute atomic E-state index is 0.321. The first kappa shape index (κ1) is 14.9. The molecule has 0 saturated carbocycles. The van der Waals surface area contributed by atoms with E-state index in [2.05, 4.69) is 26.1 Å². The summed E-state index contributed by atoms with van der Waals surface area (Å²) in [5, 5.41) is 3.50. The molecule has 3 nitrogen and oxygen atoms in total. The molecule has 1 N–H and O–H groups in total. The van der Waals surface area contributed by atoms with Crippen molar-refractivity contribution in [3.05, 3.63) is 0 Å². The lowest BCUT2D eigenvalue weighted by atomic mass is 10.0. The summed E-state index contributed by atoms with van der Waals surface area (Å²) < 4.78 is 11.5. The Morgan fingerprint density at radius 2 is 2.18 bits per heavy atom. The van der Waals surface area contributed by atoms with E-state index < -0.39 is 0 Å². The Hall–Kier alpha value is -0.120. The zero-order valence-electron chi connectivity index (χ0n) is 11.7. The maximum Gasteiger partial charge on any atom is 0.0623 e. The second-order valence-electron chi connectivity index (χ2n) is 5.20. The maximum absolute atomic E-state index is 5.76. The van der Waals surface area contributed by atoms with E-state index in [0.29, 0.717) is 18.2 Å². The van der Waals surface area contributed by atoms with Gasteiger partial charge in [0.2, 0.25) is 0 Å². The highest BCUT2D eigenvalue weighted by Crippen LogP contribution is 2.18. The smallest absolute Gasteiger partial charge is 0.0623 e. The molecule has 1 fully saturated rings. The molecule has 0 aromatic rings. The van der Waals surface area contributed by atoms with Crippen LogP contribution in [0.25, 0.3) is 0 Å². The van der Waals surface area contributed by atoms with Gasteiger partial charge in [-0.3, -0.25) is 0 Å². The van der Waals surface area contributed by atoms with E-state index >= 15 is 0 Å². The Labute approximate surface area is 106 Å². The van der Waals surface area contributed by atoms with Gasteiger partial charge in [0, 0.05) is 12.6 Å². The molecule has 1 heterocycles. The summed E-state index contributed by atoms with van der Waals surface area (Å²) in [6.45, 7) is 9.12. The Kier molecular flexibility index (Phi) is 7.82. The number of ether oxygens (including phenoxy) is 2. The average Bonchev–Trinajstić information content (AvgIpc) is 2.34. The number of nitrogens with one attached hydrogen (secondary N) is 1. The first-order valence-electron chi connectivity index (χ1n) is 7.19. The number of likely N-dealkylation sites (N-methyl/N-ethyl adjacent to an activating group) is 1. The molecule has 2 unspecified atom stereocenters. The largest absolute Gasteiger partial charge is 0.378 e. The molecule has 1 aliphatic heterocycles. The fourth-order valence-corrected chi connectivity index (χ4v) is 2.26. The Bertz CT molecular complexity index is 179. The molecule has 0 radical (unpaired) electrons. The topological polar surface area (TPSA) is 30.5 Å². The van der Waals surface area contributed by atoms with Crippen molar-refractivity contribution in [3.8, 4) is 0 Å². The van der Waals surface area contributed by atoms with Crippen molar-refractivity contribution >= 4 is 0 Å². The minimum atomic E-state index is 0.321. The first-order valence-corrected chi connectivity index (χ1v) is 7.19. The summed E-state index contributed by atoms with van der Waals surface area (Å²) >= 11 is 0. The molecule has 0 aliphatic carbocycles. The van der Waals surface area contributed by atoms with Gasteiger partial charge in [-0.05, 0) is 52.5 Å². The lowest BCUT2D eigenvalue weighted by Crippen LogP contribution is -2.35. The van der Waals surface area contributed by atoms with Gasteiger partial charge in [0.15, 0.2) is 0 Å². The Morgan fingerprint density at radius 3 is 2.76 bits per heavy atom. The van der Waals surface area contributed by atoms with Gasteiger partial charge in [0.05, 0.1) is 18.8 Å². The van der Waals surface area contributed by atoms with Crippen LogP contribution >= 0.6 is 0 Å². The molecular formula is C14H29NO2. The van der Waals surface area contributed by atoms with Crippen LogP contribution in [0.5, 0.6) is 0 Å². The van der Waals surface area contributed by atoms with Crippen molar-refractivity contribution in [2.24, 2.45) is 0 Å². The van der Waals surface area contributed by atoms with Crippen molar-refractivity contribution in [2.45, 2.75) is 71.1 Å². The van der Waals surface area contributed by atoms with Gasteiger partial charge in [-0.25, -0.2) is 0 Å². The van der Waals surface area contributed by atoms with Crippen LogP contribution in [0.15, 0.2) is 0 Å². The summed E-state index contributed by atoms with van der Waals surface area (Å²) in [6.07, 6.45) is 6.95. The second-order valence-corrected chi connectivity index (χ2v) is 5.20. The predicted octanol–water partition coefficient (Wildman–Crippen LogP) is 2.74. The normalized spacial score (nSPS) is 22.9. The molecular weight excluding hydrogens is 214 g/mol. The third-order valence-electron chi connectivity index (χ3n) is 3.23. The Morgan fingerprint density at radius 1 is 1.35 bits per heavy atom. The highest BCUT2D eigenvalue weighted by molar-refractivity contribution is 4.71. The van der Waals surface area contributed by atoms with E-state index in [9.17, 15) is 0 Å². The highest BCUT2D eigenvalue weighted by atomic mass is 16.5. The van der Waals surface area contributed by atoms with E-state index in [1.165, 1.54) is 25.7 Å². The maximum atomic E-state index is 5.76. The fraction of sp³-hybridized carbons (Fsp3) is 1.00. The number of hydrogen-bond donors (Lipinski definition) is 1. The molecule has 0 bridgehead atoms. The van der Waals surface area contributed by atoms with Gasteiger partial charge in [0.25, 0.3) is 0 Å². The fourth-order valence-electron chi connectivity index (χ4n) is 2.26. The van der Waals surface area contributed by atoms with Crippen molar-refractivity contribution in [3.63, 3.8) is 0 Å². The first-order chi connectivity index (χ1) is 8.22. The number of hydrogen-bond acceptors (Lipinski definition) is 3. The van der Waals surface area contributed by atoms with E-state index in [1.807, 2.05) is 0 Å². The lowest BCUT2D eigenvalue weighted by molar-refractivity contribution is 0.00391. The van der Waals surface area contributed by atoms with Crippen LogP contribution in [0.2, 0.25) is 0 Å². The van der Waals surface area contributed by atoms with Crippen molar-refractivity contribution in [1.29, 1.82) is 0 Å². The Balaban J connectivity index is 2.17. The monoisotopic (exact) mass is 243 g/mol. The summed E-state index contributed by atoms with van der Waals surface area (Å²) in [7, 11) is 0. The molecule has 17 heavy (non-hydrogen) atoms. The zero-order valence-corrected chi connectivity index (χ0v) is 11.7. The van der Waals surface area contributed by atoms with Crippen LogP contribution in [-0.4, -0.2) is 38.0 Å².